The van der Waals surface area contributed by atoms with Gasteiger partial charge >= 0.3 is 0 Å². The van der Waals surface area contributed by atoms with Gasteiger partial charge < -0.3 is 4.90 Å². The Bertz CT molecular complexity index is 148. The van der Waals surface area contributed by atoms with Gasteiger partial charge in [0.15, 0.2) is 0 Å². The van der Waals surface area contributed by atoms with E-state index in [0.717, 1.165) is 19.5 Å². The van der Waals surface area contributed by atoms with E-state index in [1.165, 1.54) is 0 Å². The second-order valence-electron chi connectivity index (χ2n) is 3.71. The Labute approximate surface area is 75.9 Å². The van der Waals surface area contributed by atoms with Crippen molar-refractivity contribution in [3.8, 4) is 0 Å². The summed E-state index contributed by atoms with van der Waals surface area (Å²) < 4.78 is 0. The molecule has 0 aliphatic heterocycles. The molecule has 12 heavy (non-hydrogen) atoms. The van der Waals surface area contributed by atoms with E-state index in [1.807, 2.05) is 32.6 Å². The van der Waals surface area contributed by atoms with E-state index < -0.39 is 0 Å². The van der Waals surface area contributed by atoms with Gasteiger partial charge in [0.05, 0.1) is 0 Å². The first-order valence-electron chi connectivity index (χ1n) is 4.79. The average Bonchev–Trinajstić information content (AvgIpc) is 2.06. The lowest BCUT2D eigenvalue weighted by atomic mass is 9.88. The lowest BCUT2D eigenvalue weighted by Gasteiger charge is -2.29. The van der Waals surface area contributed by atoms with E-state index in [9.17, 15) is 4.79 Å². The normalized spacial score (nSPS) is 11.4. The molecule has 0 fully saturated rings. The molecule has 0 bridgehead atoms. The molecule has 0 radical (unpaired) electrons. The standard InChI is InChI=1S/C10H21NO/c1-6-10(4,5)9(12)11(7-2)8-3/h6-8H2,1-5H3. The second kappa shape index (κ2) is 4.48. The molecule has 0 spiro atoms. The predicted molar refractivity (Wildman–Crippen MR) is 52.0 cm³/mol. The maximum Gasteiger partial charge on any atom is 0.228 e. The van der Waals surface area contributed by atoms with E-state index in [2.05, 4.69) is 6.92 Å². The molecule has 0 heterocycles. The fourth-order valence-corrected chi connectivity index (χ4v) is 1.09. The molecule has 2 heteroatoms. The zero-order valence-corrected chi connectivity index (χ0v) is 8.98. The van der Waals surface area contributed by atoms with Gasteiger partial charge in [0, 0.05) is 18.5 Å². The maximum absolute atomic E-state index is 11.8. The zero-order chi connectivity index (χ0) is 9.78. The van der Waals surface area contributed by atoms with Crippen molar-refractivity contribution in [2.45, 2.75) is 41.0 Å². The lowest BCUT2D eigenvalue weighted by Crippen LogP contribution is -2.40. The number of hydrogen-bond acceptors (Lipinski definition) is 1. The first-order chi connectivity index (χ1) is 5.49. The Morgan fingerprint density at radius 2 is 1.58 bits per heavy atom. The summed E-state index contributed by atoms with van der Waals surface area (Å²) in [5, 5.41) is 0. The van der Waals surface area contributed by atoms with Gasteiger partial charge in [0.25, 0.3) is 0 Å². The molecule has 0 aromatic heterocycles. The molecule has 0 aromatic carbocycles. The Hall–Kier alpha value is -0.530. The van der Waals surface area contributed by atoms with E-state index in [0.29, 0.717) is 0 Å². The van der Waals surface area contributed by atoms with Crippen LogP contribution in [0.25, 0.3) is 0 Å². The summed E-state index contributed by atoms with van der Waals surface area (Å²) in [5.74, 6) is 0.273. The Balaban J connectivity index is 4.35. The molecule has 0 aliphatic rings. The smallest absolute Gasteiger partial charge is 0.228 e. The molecule has 0 atom stereocenters. The topological polar surface area (TPSA) is 20.3 Å². The predicted octanol–water partition coefficient (Wildman–Crippen LogP) is 2.29. The van der Waals surface area contributed by atoms with Crippen LogP contribution in [0.1, 0.15) is 41.0 Å². The molecule has 0 aromatic rings. The summed E-state index contributed by atoms with van der Waals surface area (Å²) in [6, 6.07) is 0. The summed E-state index contributed by atoms with van der Waals surface area (Å²) in [4.78, 5) is 13.7. The first kappa shape index (κ1) is 11.5. The van der Waals surface area contributed by atoms with Crippen molar-refractivity contribution < 1.29 is 4.79 Å². The largest absolute Gasteiger partial charge is 0.343 e. The molecule has 0 N–H and O–H groups in total. The van der Waals surface area contributed by atoms with Crippen LogP contribution in [0, 0.1) is 5.41 Å². The highest BCUT2D eigenvalue weighted by Crippen LogP contribution is 2.22. The fraction of sp³-hybridized carbons (Fsp3) is 0.900. The Morgan fingerprint density at radius 1 is 1.17 bits per heavy atom. The highest BCUT2D eigenvalue weighted by Gasteiger charge is 2.28. The van der Waals surface area contributed by atoms with Crippen LogP contribution >= 0.6 is 0 Å². The van der Waals surface area contributed by atoms with Gasteiger partial charge in [-0.1, -0.05) is 20.8 Å². The molecular formula is C10H21NO. The number of carbonyl (C=O) groups is 1. The van der Waals surface area contributed by atoms with Gasteiger partial charge in [-0.25, -0.2) is 0 Å². The summed E-state index contributed by atoms with van der Waals surface area (Å²) in [5.41, 5.74) is -0.188. The minimum atomic E-state index is -0.188. The fourth-order valence-electron chi connectivity index (χ4n) is 1.09. The molecule has 2 nitrogen and oxygen atoms in total. The van der Waals surface area contributed by atoms with Crippen LogP contribution in [0.15, 0.2) is 0 Å². The molecule has 0 rings (SSSR count). The van der Waals surface area contributed by atoms with Crippen LogP contribution < -0.4 is 0 Å². The quantitative estimate of drug-likeness (QED) is 0.635. The van der Waals surface area contributed by atoms with E-state index in [1.54, 1.807) is 0 Å². The number of rotatable bonds is 4. The lowest BCUT2D eigenvalue weighted by molar-refractivity contribution is -0.140. The highest BCUT2D eigenvalue weighted by molar-refractivity contribution is 5.81. The van der Waals surface area contributed by atoms with Crippen molar-refractivity contribution in [3.05, 3.63) is 0 Å². The van der Waals surface area contributed by atoms with E-state index in [-0.39, 0.29) is 11.3 Å². The van der Waals surface area contributed by atoms with Gasteiger partial charge in [0.2, 0.25) is 5.91 Å². The van der Waals surface area contributed by atoms with E-state index in [4.69, 9.17) is 0 Å². The van der Waals surface area contributed by atoms with Crippen molar-refractivity contribution in [3.63, 3.8) is 0 Å². The van der Waals surface area contributed by atoms with Gasteiger partial charge in [-0.2, -0.15) is 0 Å². The molecular weight excluding hydrogens is 150 g/mol. The van der Waals surface area contributed by atoms with Gasteiger partial charge in [-0.15, -0.1) is 0 Å². The summed E-state index contributed by atoms with van der Waals surface area (Å²) in [6.07, 6.45) is 0.905. The van der Waals surface area contributed by atoms with Crippen molar-refractivity contribution in [1.82, 2.24) is 4.90 Å². The molecule has 0 saturated carbocycles. The molecule has 0 aliphatic carbocycles. The van der Waals surface area contributed by atoms with Crippen LogP contribution in [0.3, 0.4) is 0 Å². The van der Waals surface area contributed by atoms with Crippen molar-refractivity contribution >= 4 is 5.91 Å². The SMILES string of the molecule is CCN(CC)C(=O)C(C)(C)CC. The summed E-state index contributed by atoms with van der Waals surface area (Å²) in [7, 11) is 0. The number of nitrogens with zero attached hydrogens (tertiary/aromatic N) is 1. The van der Waals surface area contributed by atoms with Crippen LogP contribution in [0.2, 0.25) is 0 Å². The van der Waals surface area contributed by atoms with Gasteiger partial charge in [-0.05, 0) is 20.3 Å². The summed E-state index contributed by atoms with van der Waals surface area (Å²) in [6.45, 7) is 11.8. The summed E-state index contributed by atoms with van der Waals surface area (Å²) >= 11 is 0. The molecule has 72 valence electrons. The van der Waals surface area contributed by atoms with Gasteiger partial charge in [0.1, 0.15) is 0 Å². The van der Waals surface area contributed by atoms with Gasteiger partial charge in [-0.3, -0.25) is 4.79 Å². The highest BCUT2D eigenvalue weighted by atomic mass is 16.2. The Kier molecular flexibility index (Phi) is 4.29. The number of carbonyl (C=O) groups excluding carboxylic acids is 1. The minimum Gasteiger partial charge on any atom is -0.343 e. The second-order valence-corrected chi connectivity index (χ2v) is 3.71. The Morgan fingerprint density at radius 3 is 1.83 bits per heavy atom. The first-order valence-corrected chi connectivity index (χ1v) is 4.79. The number of hydrogen-bond donors (Lipinski definition) is 0. The third-order valence-electron chi connectivity index (χ3n) is 2.51. The van der Waals surface area contributed by atoms with Crippen LogP contribution in [-0.4, -0.2) is 23.9 Å². The van der Waals surface area contributed by atoms with Crippen LogP contribution in [0.4, 0.5) is 0 Å². The maximum atomic E-state index is 11.8. The third-order valence-corrected chi connectivity index (χ3v) is 2.51. The average molecular weight is 171 g/mol. The monoisotopic (exact) mass is 171 g/mol. The number of amides is 1. The molecule has 0 unspecified atom stereocenters. The minimum absolute atomic E-state index is 0.188. The van der Waals surface area contributed by atoms with Crippen molar-refractivity contribution in [1.29, 1.82) is 0 Å². The van der Waals surface area contributed by atoms with Crippen LogP contribution in [-0.2, 0) is 4.79 Å². The zero-order valence-electron chi connectivity index (χ0n) is 8.98. The van der Waals surface area contributed by atoms with Crippen molar-refractivity contribution in [2.75, 3.05) is 13.1 Å². The van der Waals surface area contributed by atoms with Crippen molar-refractivity contribution in [2.24, 2.45) is 5.41 Å². The van der Waals surface area contributed by atoms with Crippen LogP contribution in [0.5, 0.6) is 0 Å². The molecule has 0 saturated heterocycles. The molecule has 1 amide bonds. The van der Waals surface area contributed by atoms with E-state index >= 15 is 0 Å². The third kappa shape index (κ3) is 2.50.